The van der Waals surface area contributed by atoms with E-state index in [1.165, 1.54) is 10.1 Å². The van der Waals surface area contributed by atoms with Crippen molar-refractivity contribution in [3.05, 3.63) is 113 Å². The maximum absolute atomic E-state index is 14.2. The number of fused-ring (bicyclic) bond motifs is 2. The van der Waals surface area contributed by atoms with E-state index in [9.17, 15) is 9.59 Å². The third kappa shape index (κ3) is 5.02. The first kappa shape index (κ1) is 26.9. The minimum Gasteiger partial charge on any atom is -0.490 e. The largest absolute Gasteiger partial charge is 0.490 e. The zero-order chi connectivity index (χ0) is 29.5. The number of ketones is 1. The molecule has 1 fully saturated rings. The lowest BCUT2D eigenvalue weighted by Crippen LogP contribution is -2.38. The highest BCUT2D eigenvalue weighted by atomic mass is 16.5. The van der Waals surface area contributed by atoms with Crippen LogP contribution in [0.1, 0.15) is 34.3 Å². The van der Waals surface area contributed by atoms with Gasteiger partial charge < -0.3 is 19.9 Å². The van der Waals surface area contributed by atoms with Gasteiger partial charge in [0.05, 0.1) is 5.56 Å². The van der Waals surface area contributed by atoms with Crippen LogP contribution in [0.5, 0.6) is 5.75 Å². The Bertz CT molecular complexity index is 1870. The Balaban J connectivity index is 1.30. The van der Waals surface area contributed by atoms with Gasteiger partial charge in [0.1, 0.15) is 29.7 Å². The van der Waals surface area contributed by atoms with Crippen LogP contribution in [0, 0.1) is 0 Å². The third-order valence-corrected chi connectivity index (χ3v) is 8.45. The van der Waals surface area contributed by atoms with Gasteiger partial charge in [0.25, 0.3) is 5.56 Å². The molecule has 0 saturated carbocycles. The summed E-state index contributed by atoms with van der Waals surface area (Å²) in [6.07, 6.45) is 2.85. The summed E-state index contributed by atoms with van der Waals surface area (Å²) in [7, 11) is 3.99. The number of likely N-dealkylation sites (N-methyl/N-ethyl adjacent to an activating group) is 1. The van der Waals surface area contributed by atoms with Crippen molar-refractivity contribution in [2.75, 3.05) is 44.0 Å². The second-order valence-electron chi connectivity index (χ2n) is 11.3. The molecule has 2 atom stereocenters. The average Bonchev–Trinajstić information content (AvgIpc) is 3.48. The molecular weight excluding hydrogens is 540 g/mol. The van der Waals surface area contributed by atoms with Gasteiger partial charge in [-0.3, -0.25) is 14.2 Å². The number of likely N-dealkylation sites (tertiary alicyclic amines) is 1. The standard InChI is InChI=1S/C34H32N6O3/c1-38-17-16-23(20-38)22-12-14-25(15-13-22)36-34-35-19-24-18-28(39(2)26-8-4-3-5-9-26)33(42)40(32(24)37-34)29-21-43-30-11-7-6-10-27(30)31(29)41/h3-15,18-19,23,29H,16-17,20-21H2,1-2H3,(H,35,36,37). The van der Waals surface area contributed by atoms with Crippen LogP contribution < -0.4 is 20.5 Å². The van der Waals surface area contributed by atoms with Crippen LogP contribution in [0.25, 0.3) is 11.0 Å². The third-order valence-electron chi connectivity index (χ3n) is 8.45. The van der Waals surface area contributed by atoms with E-state index in [-0.39, 0.29) is 17.9 Å². The first-order chi connectivity index (χ1) is 21.0. The van der Waals surface area contributed by atoms with E-state index < -0.39 is 6.04 Å². The summed E-state index contributed by atoms with van der Waals surface area (Å²) < 4.78 is 7.45. The number of benzene rings is 3. The van der Waals surface area contributed by atoms with Crippen LogP contribution in [0.15, 0.2) is 95.9 Å². The Morgan fingerprint density at radius 1 is 0.977 bits per heavy atom. The minimum absolute atomic E-state index is 0.0218. The van der Waals surface area contributed by atoms with Crippen molar-refractivity contribution in [2.24, 2.45) is 0 Å². The minimum atomic E-state index is -0.888. The topological polar surface area (TPSA) is 92.6 Å². The molecule has 3 aromatic carbocycles. The number of nitrogens with zero attached hydrogens (tertiary/aromatic N) is 5. The molecule has 5 aromatic rings. The smallest absolute Gasteiger partial charge is 0.276 e. The molecule has 9 heteroatoms. The summed E-state index contributed by atoms with van der Waals surface area (Å²) in [5.74, 6) is 1.20. The monoisotopic (exact) mass is 572 g/mol. The number of nitrogens with one attached hydrogen (secondary N) is 1. The molecule has 43 heavy (non-hydrogen) atoms. The van der Waals surface area contributed by atoms with E-state index in [4.69, 9.17) is 9.72 Å². The number of hydrogen-bond donors (Lipinski definition) is 1. The normalized spacial score (nSPS) is 18.3. The maximum Gasteiger partial charge on any atom is 0.276 e. The highest BCUT2D eigenvalue weighted by molar-refractivity contribution is 6.03. The van der Waals surface area contributed by atoms with Gasteiger partial charge in [-0.25, -0.2) is 4.98 Å². The molecule has 9 nitrogen and oxygen atoms in total. The van der Waals surface area contributed by atoms with Gasteiger partial charge >= 0.3 is 0 Å². The lowest BCUT2D eigenvalue weighted by molar-refractivity contribution is 0.0841. The Kier molecular flexibility index (Phi) is 6.87. The predicted octanol–water partition coefficient (Wildman–Crippen LogP) is 5.54. The summed E-state index contributed by atoms with van der Waals surface area (Å²) in [5.41, 5.74) is 3.87. The van der Waals surface area contributed by atoms with E-state index >= 15 is 0 Å². The number of rotatable bonds is 6. The van der Waals surface area contributed by atoms with Crippen LogP contribution in [0.3, 0.4) is 0 Å². The zero-order valence-electron chi connectivity index (χ0n) is 24.1. The SMILES string of the molecule is CN1CCC(c2ccc(Nc3ncc4cc(N(C)c5ccccc5)c(=O)n(C5COc6ccccc6C5=O)c4n3)cc2)C1. The van der Waals surface area contributed by atoms with Crippen LogP contribution in [0.2, 0.25) is 0 Å². The molecule has 2 aromatic heterocycles. The fraction of sp³-hybridized carbons (Fsp3) is 0.235. The van der Waals surface area contributed by atoms with Crippen LogP contribution in [0.4, 0.5) is 23.0 Å². The second kappa shape index (κ2) is 11.0. The summed E-state index contributed by atoms with van der Waals surface area (Å²) in [5, 5.41) is 3.92. The van der Waals surface area contributed by atoms with Gasteiger partial charge in [0.15, 0.2) is 5.78 Å². The van der Waals surface area contributed by atoms with Gasteiger partial charge in [-0.1, -0.05) is 42.5 Å². The lowest BCUT2D eigenvalue weighted by atomic mass is 9.98. The molecule has 0 spiro atoms. The Morgan fingerprint density at radius 3 is 2.51 bits per heavy atom. The number of ether oxygens (including phenoxy) is 1. The molecule has 7 rings (SSSR count). The molecule has 1 saturated heterocycles. The van der Waals surface area contributed by atoms with Gasteiger partial charge in [-0.15, -0.1) is 0 Å². The van der Waals surface area contributed by atoms with Crippen molar-refractivity contribution in [1.29, 1.82) is 0 Å². The van der Waals surface area contributed by atoms with Gasteiger partial charge in [0, 0.05) is 36.6 Å². The van der Waals surface area contributed by atoms with E-state index in [0.29, 0.717) is 39.9 Å². The van der Waals surface area contributed by atoms with Crippen molar-refractivity contribution in [3.8, 4) is 5.75 Å². The fourth-order valence-corrected chi connectivity index (χ4v) is 6.07. The van der Waals surface area contributed by atoms with Gasteiger partial charge in [-0.05, 0) is 74.0 Å². The first-order valence-corrected chi connectivity index (χ1v) is 14.5. The van der Waals surface area contributed by atoms with Gasteiger partial charge in [-0.2, -0.15) is 4.98 Å². The van der Waals surface area contributed by atoms with Crippen molar-refractivity contribution in [2.45, 2.75) is 18.4 Å². The van der Waals surface area contributed by atoms with Crippen molar-refractivity contribution in [1.82, 2.24) is 19.4 Å². The number of pyridine rings is 1. The average molecular weight is 573 g/mol. The maximum atomic E-state index is 14.2. The second-order valence-corrected chi connectivity index (χ2v) is 11.3. The van der Waals surface area contributed by atoms with Crippen molar-refractivity contribution in [3.63, 3.8) is 0 Å². The van der Waals surface area contributed by atoms with E-state index in [1.54, 1.807) is 30.5 Å². The molecule has 0 amide bonds. The quantitative estimate of drug-likeness (QED) is 0.284. The van der Waals surface area contributed by atoms with Crippen molar-refractivity contribution < 1.29 is 9.53 Å². The van der Waals surface area contributed by atoms with E-state index in [0.717, 1.165) is 30.9 Å². The van der Waals surface area contributed by atoms with Crippen LogP contribution in [-0.2, 0) is 0 Å². The first-order valence-electron chi connectivity index (χ1n) is 14.5. The van der Waals surface area contributed by atoms with Crippen LogP contribution in [-0.4, -0.2) is 59.0 Å². The molecule has 1 N–H and O–H groups in total. The molecule has 0 bridgehead atoms. The Morgan fingerprint density at radius 2 is 1.74 bits per heavy atom. The Hall–Kier alpha value is -5.02. The van der Waals surface area contributed by atoms with Crippen LogP contribution >= 0.6 is 0 Å². The summed E-state index contributed by atoms with van der Waals surface area (Å²) in [6.45, 7) is 2.20. The number of aromatic nitrogens is 3. The molecule has 2 aliphatic heterocycles. The van der Waals surface area contributed by atoms with E-state index in [1.807, 2.05) is 60.5 Å². The highest BCUT2D eigenvalue weighted by Crippen LogP contribution is 2.32. The molecule has 0 aliphatic carbocycles. The lowest BCUT2D eigenvalue weighted by Gasteiger charge is -2.28. The molecule has 4 heterocycles. The summed E-state index contributed by atoms with van der Waals surface area (Å²) >= 11 is 0. The molecule has 2 aliphatic rings. The number of carbonyl (C=O) groups is 1. The number of hydrogen-bond acceptors (Lipinski definition) is 8. The molecule has 216 valence electrons. The highest BCUT2D eigenvalue weighted by Gasteiger charge is 2.33. The summed E-state index contributed by atoms with van der Waals surface area (Å²) in [6, 6.07) is 26.0. The number of carbonyl (C=O) groups excluding carboxylic acids is 1. The molecule has 2 unspecified atom stereocenters. The Labute approximate surface area is 249 Å². The summed E-state index contributed by atoms with van der Waals surface area (Å²) in [4.78, 5) is 41.6. The van der Waals surface area contributed by atoms with Gasteiger partial charge in [0.2, 0.25) is 5.95 Å². The molecular formula is C34H32N6O3. The molecule has 0 radical (unpaired) electrons. The number of anilines is 4. The zero-order valence-corrected chi connectivity index (χ0v) is 24.1. The predicted molar refractivity (Wildman–Crippen MR) is 168 cm³/mol. The van der Waals surface area contributed by atoms with Crippen molar-refractivity contribution >= 4 is 39.8 Å². The fourth-order valence-electron chi connectivity index (χ4n) is 6.07. The number of Topliss-reactive ketones (excluding diaryl/α,β-unsaturated/α-hetero) is 1. The van der Waals surface area contributed by atoms with E-state index in [2.05, 4.69) is 34.4 Å². The number of para-hydroxylation sites is 2.